The van der Waals surface area contributed by atoms with E-state index in [-0.39, 0.29) is 0 Å². The normalized spacial score (nSPS) is 11.8. The van der Waals surface area contributed by atoms with Gasteiger partial charge >= 0.3 is 0 Å². The molecule has 3 aromatic heterocycles. The molecule has 0 aliphatic heterocycles. The smallest absolute Gasteiger partial charge is 0.0980 e. The number of aromatic nitrogens is 2. The van der Waals surface area contributed by atoms with E-state index in [0.717, 1.165) is 11.0 Å². The molecule has 0 atom stereocenters. The van der Waals surface area contributed by atoms with Crippen LogP contribution in [0.3, 0.4) is 0 Å². The second-order valence-electron chi connectivity index (χ2n) is 3.58. The minimum absolute atomic E-state index is 1.02. The fourth-order valence-corrected chi connectivity index (χ4v) is 4.06. The minimum atomic E-state index is 1.02. The lowest BCUT2D eigenvalue weighted by molar-refractivity contribution is 1.31. The Labute approximate surface area is 99.2 Å². The van der Waals surface area contributed by atoms with Crippen LogP contribution in [-0.4, -0.2) is 9.97 Å². The van der Waals surface area contributed by atoms with Gasteiger partial charge in [-0.1, -0.05) is 0 Å². The van der Waals surface area contributed by atoms with Gasteiger partial charge < -0.3 is 0 Å². The number of thiophene rings is 2. The molecule has 0 saturated carbocycles. The first-order chi connectivity index (χ1) is 7.95. The highest BCUT2D eigenvalue weighted by molar-refractivity contribution is 7.25. The lowest BCUT2D eigenvalue weighted by atomic mass is 10.1. The van der Waals surface area contributed by atoms with Crippen LogP contribution in [0.5, 0.6) is 0 Å². The third-order valence-electron chi connectivity index (χ3n) is 2.75. The number of fused-ring (bicyclic) bond motifs is 6. The summed E-state index contributed by atoms with van der Waals surface area (Å²) >= 11 is 3.56. The Morgan fingerprint density at radius 1 is 0.750 bits per heavy atom. The second kappa shape index (κ2) is 2.99. The van der Waals surface area contributed by atoms with Gasteiger partial charge in [0.05, 0.1) is 20.4 Å². The molecule has 0 saturated heterocycles. The zero-order chi connectivity index (χ0) is 10.5. The average Bonchev–Trinajstić information content (AvgIpc) is 2.98. The van der Waals surface area contributed by atoms with Crippen molar-refractivity contribution in [2.45, 2.75) is 0 Å². The van der Waals surface area contributed by atoms with Gasteiger partial charge in [-0.05, 0) is 22.9 Å². The molecule has 0 unspecified atom stereocenters. The molecule has 0 spiro atoms. The molecule has 4 heteroatoms. The Hall–Kier alpha value is -1.52. The van der Waals surface area contributed by atoms with Crippen molar-refractivity contribution in [2.24, 2.45) is 0 Å². The van der Waals surface area contributed by atoms with E-state index in [2.05, 4.69) is 32.9 Å². The number of benzene rings is 1. The molecule has 0 amide bonds. The highest BCUT2D eigenvalue weighted by Crippen LogP contribution is 2.38. The number of hydrogen-bond acceptors (Lipinski definition) is 4. The summed E-state index contributed by atoms with van der Waals surface area (Å²) in [7, 11) is 0. The first-order valence-electron chi connectivity index (χ1n) is 4.92. The first-order valence-corrected chi connectivity index (χ1v) is 6.68. The summed E-state index contributed by atoms with van der Waals surface area (Å²) in [5.74, 6) is 0. The molecule has 0 fully saturated rings. The average molecular weight is 242 g/mol. The fraction of sp³-hybridized carbons (Fsp3) is 0. The number of hydrogen-bond donors (Lipinski definition) is 0. The lowest BCUT2D eigenvalue weighted by Gasteiger charge is -2.00. The van der Waals surface area contributed by atoms with Crippen molar-refractivity contribution in [3.8, 4) is 0 Å². The van der Waals surface area contributed by atoms with Crippen molar-refractivity contribution in [3.05, 3.63) is 35.3 Å². The van der Waals surface area contributed by atoms with Crippen molar-refractivity contribution in [3.63, 3.8) is 0 Å². The molecule has 0 bridgehead atoms. The summed E-state index contributed by atoms with van der Waals surface area (Å²) in [6.07, 6.45) is 3.52. The zero-order valence-corrected chi connectivity index (χ0v) is 9.81. The maximum absolute atomic E-state index is 4.46. The summed E-state index contributed by atoms with van der Waals surface area (Å²) in [6, 6.07) is 4.27. The summed E-state index contributed by atoms with van der Waals surface area (Å²) in [6.45, 7) is 0. The quantitative estimate of drug-likeness (QED) is 0.464. The maximum atomic E-state index is 4.46. The molecule has 1 aromatic carbocycles. The third kappa shape index (κ3) is 0.956. The summed E-state index contributed by atoms with van der Waals surface area (Å²) in [4.78, 5) is 8.92. The predicted octanol–water partition coefficient (Wildman–Crippen LogP) is 4.06. The molecule has 0 radical (unpaired) electrons. The number of nitrogens with zero attached hydrogens (tertiary/aromatic N) is 2. The number of rotatable bonds is 0. The van der Waals surface area contributed by atoms with Crippen LogP contribution in [0.2, 0.25) is 0 Å². The van der Waals surface area contributed by atoms with E-state index >= 15 is 0 Å². The van der Waals surface area contributed by atoms with Gasteiger partial charge in [-0.2, -0.15) is 0 Å². The van der Waals surface area contributed by atoms with E-state index in [9.17, 15) is 0 Å². The third-order valence-corrected chi connectivity index (χ3v) is 4.74. The maximum Gasteiger partial charge on any atom is 0.0980 e. The van der Waals surface area contributed by atoms with Gasteiger partial charge in [0.2, 0.25) is 0 Å². The molecule has 76 valence electrons. The van der Waals surface area contributed by atoms with Crippen molar-refractivity contribution < 1.29 is 0 Å². The van der Waals surface area contributed by atoms with Crippen molar-refractivity contribution in [1.29, 1.82) is 0 Å². The van der Waals surface area contributed by atoms with E-state index in [1.807, 2.05) is 0 Å². The van der Waals surface area contributed by atoms with Crippen LogP contribution in [0.25, 0.3) is 31.2 Å². The Kier molecular flexibility index (Phi) is 1.61. The molecular weight excluding hydrogens is 236 g/mol. The fourth-order valence-electron chi connectivity index (χ4n) is 2.08. The largest absolute Gasteiger partial charge is 0.252 e. The van der Waals surface area contributed by atoms with Gasteiger partial charge in [-0.15, -0.1) is 22.7 Å². The summed E-state index contributed by atoms with van der Waals surface area (Å²) in [5, 5.41) is 6.70. The van der Waals surface area contributed by atoms with Crippen LogP contribution in [0.4, 0.5) is 0 Å². The van der Waals surface area contributed by atoms with Gasteiger partial charge in [-0.3, -0.25) is 9.97 Å². The van der Waals surface area contributed by atoms with Crippen LogP contribution < -0.4 is 0 Å². The van der Waals surface area contributed by atoms with E-state index in [1.165, 1.54) is 20.2 Å². The Bertz CT molecular complexity index is 744. The lowest BCUT2D eigenvalue weighted by Crippen LogP contribution is -1.83. The van der Waals surface area contributed by atoms with Crippen LogP contribution in [0.1, 0.15) is 0 Å². The van der Waals surface area contributed by atoms with Gasteiger partial charge in [-0.25, -0.2) is 0 Å². The molecule has 4 aromatic rings. The highest BCUT2D eigenvalue weighted by atomic mass is 32.1. The first kappa shape index (κ1) is 8.61. The topological polar surface area (TPSA) is 25.8 Å². The van der Waals surface area contributed by atoms with Crippen LogP contribution >= 0.6 is 22.7 Å². The van der Waals surface area contributed by atoms with Gasteiger partial charge in [0.1, 0.15) is 0 Å². The SMILES string of the molecule is c1cnc2c3ccsc3c3sccc3c2n1. The van der Waals surface area contributed by atoms with Gasteiger partial charge in [0, 0.05) is 23.2 Å². The Morgan fingerprint density at radius 2 is 1.25 bits per heavy atom. The van der Waals surface area contributed by atoms with Gasteiger partial charge in [0.15, 0.2) is 0 Å². The molecule has 2 nitrogen and oxygen atoms in total. The van der Waals surface area contributed by atoms with Crippen molar-refractivity contribution in [1.82, 2.24) is 9.97 Å². The van der Waals surface area contributed by atoms with E-state index in [0.29, 0.717) is 0 Å². The van der Waals surface area contributed by atoms with Crippen LogP contribution in [0, 0.1) is 0 Å². The minimum Gasteiger partial charge on any atom is -0.252 e. The monoisotopic (exact) mass is 242 g/mol. The van der Waals surface area contributed by atoms with E-state index < -0.39 is 0 Å². The molecule has 0 aliphatic carbocycles. The molecule has 3 heterocycles. The predicted molar refractivity (Wildman–Crippen MR) is 70.3 cm³/mol. The van der Waals surface area contributed by atoms with E-state index in [1.54, 1.807) is 35.1 Å². The molecule has 16 heavy (non-hydrogen) atoms. The van der Waals surface area contributed by atoms with Crippen molar-refractivity contribution >= 4 is 53.9 Å². The zero-order valence-electron chi connectivity index (χ0n) is 8.18. The van der Waals surface area contributed by atoms with Crippen LogP contribution in [-0.2, 0) is 0 Å². The van der Waals surface area contributed by atoms with Crippen LogP contribution in [0.15, 0.2) is 35.3 Å². The second-order valence-corrected chi connectivity index (χ2v) is 5.41. The summed E-state index contributed by atoms with van der Waals surface area (Å²) in [5.41, 5.74) is 2.04. The molecule has 4 rings (SSSR count). The molecule has 0 N–H and O–H groups in total. The highest BCUT2D eigenvalue weighted by Gasteiger charge is 2.11. The van der Waals surface area contributed by atoms with Crippen molar-refractivity contribution in [2.75, 3.05) is 0 Å². The van der Waals surface area contributed by atoms with E-state index in [4.69, 9.17) is 0 Å². The Balaban J connectivity index is 2.51. The molecular formula is C12H6N2S2. The standard InChI is InChI=1S/C12H6N2S2/c1-5-15-11-7(1)9-10(14-4-3-13-9)8-2-6-16-12(8)11/h1-6H. The Morgan fingerprint density at radius 3 is 1.75 bits per heavy atom. The molecule has 0 aliphatic rings. The summed E-state index contributed by atoms with van der Waals surface area (Å²) < 4.78 is 2.66. The van der Waals surface area contributed by atoms with Gasteiger partial charge in [0.25, 0.3) is 0 Å².